The lowest BCUT2D eigenvalue weighted by Crippen LogP contribution is -2.46. The Morgan fingerprint density at radius 2 is 1.72 bits per heavy atom. The van der Waals surface area contributed by atoms with E-state index in [2.05, 4.69) is 9.80 Å². The highest BCUT2D eigenvalue weighted by Crippen LogP contribution is 2.42. The SMILES string of the molecule is O=C(CCCCN1CCN(c2ccc(F)cc2)CC1)CN1C(=O)/C(=C/c2cccc(Cl)c2)Sc2ccccc21. The van der Waals surface area contributed by atoms with Crippen molar-refractivity contribution in [2.24, 2.45) is 0 Å². The molecule has 0 N–H and O–H groups in total. The van der Waals surface area contributed by atoms with Crippen molar-refractivity contribution in [3.05, 3.63) is 94.1 Å². The summed E-state index contributed by atoms with van der Waals surface area (Å²) >= 11 is 7.55. The van der Waals surface area contributed by atoms with E-state index in [0.29, 0.717) is 16.3 Å². The number of carbonyl (C=O) groups is 2. The van der Waals surface area contributed by atoms with E-state index >= 15 is 0 Å². The highest BCUT2D eigenvalue weighted by molar-refractivity contribution is 8.04. The summed E-state index contributed by atoms with van der Waals surface area (Å²) in [6.45, 7) is 4.72. The molecule has 0 radical (unpaired) electrons. The molecule has 5 rings (SSSR count). The molecule has 202 valence electrons. The summed E-state index contributed by atoms with van der Waals surface area (Å²) in [5, 5.41) is 0.611. The molecule has 0 spiro atoms. The van der Waals surface area contributed by atoms with Gasteiger partial charge in [-0.3, -0.25) is 19.4 Å². The molecule has 0 bridgehead atoms. The lowest BCUT2D eigenvalue weighted by Gasteiger charge is -2.36. The Bertz CT molecular complexity index is 1360. The molecule has 0 unspecified atom stereocenters. The smallest absolute Gasteiger partial charge is 0.265 e. The lowest BCUT2D eigenvalue weighted by molar-refractivity contribution is -0.121. The molecule has 0 saturated carbocycles. The number of anilines is 2. The number of amides is 1. The monoisotopic (exact) mass is 563 g/mol. The Kier molecular flexibility index (Phi) is 9.02. The molecule has 2 heterocycles. The first-order valence-electron chi connectivity index (χ1n) is 13.3. The zero-order valence-corrected chi connectivity index (χ0v) is 23.3. The molecule has 2 aliphatic rings. The Labute approximate surface area is 238 Å². The van der Waals surface area contributed by atoms with Crippen molar-refractivity contribution in [2.45, 2.75) is 24.2 Å². The summed E-state index contributed by atoms with van der Waals surface area (Å²) in [4.78, 5) is 34.2. The summed E-state index contributed by atoms with van der Waals surface area (Å²) in [6.07, 6.45) is 4.01. The normalized spacial score (nSPS) is 17.0. The molecule has 0 aromatic heterocycles. The van der Waals surface area contributed by atoms with E-state index in [-0.39, 0.29) is 24.1 Å². The van der Waals surface area contributed by atoms with Gasteiger partial charge in [-0.05, 0) is 79.6 Å². The quantitative estimate of drug-likeness (QED) is 0.219. The molecule has 2 aliphatic heterocycles. The fourth-order valence-electron chi connectivity index (χ4n) is 4.96. The number of piperazine rings is 1. The summed E-state index contributed by atoms with van der Waals surface area (Å²) in [5.74, 6) is -0.312. The molecule has 0 atom stereocenters. The number of Topliss-reactive ketones (excluding diaryl/α,β-unsaturated/α-hetero) is 1. The van der Waals surface area contributed by atoms with Gasteiger partial charge in [-0.2, -0.15) is 0 Å². The van der Waals surface area contributed by atoms with Gasteiger partial charge in [0.2, 0.25) is 0 Å². The average molecular weight is 564 g/mol. The third-order valence-electron chi connectivity index (χ3n) is 7.06. The number of halogens is 2. The second-order valence-corrected chi connectivity index (χ2v) is 11.3. The molecule has 0 aliphatic carbocycles. The van der Waals surface area contributed by atoms with Crippen LogP contribution in [0.1, 0.15) is 24.8 Å². The minimum atomic E-state index is -0.214. The van der Waals surface area contributed by atoms with E-state index < -0.39 is 0 Å². The third kappa shape index (κ3) is 7.10. The number of para-hydroxylation sites is 1. The summed E-state index contributed by atoms with van der Waals surface area (Å²) < 4.78 is 13.2. The Hall–Kier alpha value is -3.13. The predicted molar refractivity (Wildman–Crippen MR) is 158 cm³/mol. The Morgan fingerprint density at radius 1 is 0.949 bits per heavy atom. The van der Waals surface area contributed by atoms with E-state index in [0.717, 1.165) is 67.4 Å². The van der Waals surface area contributed by atoms with Crippen molar-refractivity contribution in [3.8, 4) is 0 Å². The van der Waals surface area contributed by atoms with Gasteiger partial charge in [-0.1, -0.05) is 47.6 Å². The first-order chi connectivity index (χ1) is 19.0. The number of ketones is 1. The number of unbranched alkanes of at least 4 members (excludes halogenated alkanes) is 1. The lowest BCUT2D eigenvalue weighted by atomic mass is 10.1. The van der Waals surface area contributed by atoms with Gasteiger partial charge in [0.25, 0.3) is 5.91 Å². The Balaban J connectivity index is 1.12. The van der Waals surface area contributed by atoms with Crippen LogP contribution in [0, 0.1) is 5.82 Å². The number of fused-ring (bicyclic) bond motifs is 1. The van der Waals surface area contributed by atoms with Gasteiger partial charge in [0.05, 0.1) is 17.1 Å². The van der Waals surface area contributed by atoms with Crippen LogP contribution in [-0.2, 0) is 9.59 Å². The summed E-state index contributed by atoms with van der Waals surface area (Å²) in [6, 6.07) is 21.8. The fourth-order valence-corrected chi connectivity index (χ4v) is 6.22. The maximum absolute atomic E-state index is 13.4. The number of rotatable bonds is 9. The first kappa shape index (κ1) is 27.4. The van der Waals surface area contributed by atoms with Gasteiger partial charge in [-0.15, -0.1) is 0 Å². The second kappa shape index (κ2) is 12.8. The second-order valence-electron chi connectivity index (χ2n) is 9.83. The topological polar surface area (TPSA) is 43.9 Å². The molecule has 3 aromatic carbocycles. The van der Waals surface area contributed by atoms with Crippen molar-refractivity contribution in [1.29, 1.82) is 0 Å². The molecule has 1 fully saturated rings. The summed E-state index contributed by atoms with van der Waals surface area (Å²) in [5.41, 5.74) is 2.69. The number of nitrogens with zero attached hydrogens (tertiary/aromatic N) is 3. The van der Waals surface area contributed by atoms with Crippen molar-refractivity contribution in [3.63, 3.8) is 0 Å². The first-order valence-corrected chi connectivity index (χ1v) is 14.5. The number of benzene rings is 3. The molecular formula is C31H31ClFN3O2S. The van der Waals surface area contributed by atoms with E-state index in [1.54, 1.807) is 11.0 Å². The minimum Gasteiger partial charge on any atom is -0.369 e. The number of carbonyl (C=O) groups excluding carboxylic acids is 2. The third-order valence-corrected chi connectivity index (χ3v) is 8.37. The van der Waals surface area contributed by atoms with Crippen molar-refractivity contribution >= 4 is 52.5 Å². The van der Waals surface area contributed by atoms with Gasteiger partial charge in [-0.25, -0.2) is 4.39 Å². The average Bonchev–Trinajstić information content (AvgIpc) is 2.94. The van der Waals surface area contributed by atoms with Crippen LogP contribution in [0.25, 0.3) is 6.08 Å². The van der Waals surface area contributed by atoms with Gasteiger partial charge in [0, 0.05) is 48.2 Å². The molecule has 3 aromatic rings. The van der Waals surface area contributed by atoms with E-state index in [1.165, 1.54) is 23.9 Å². The van der Waals surface area contributed by atoms with Crippen LogP contribution >= 0.6 is 23.4 Å². The van der Waals surface area contributed by atoms with Gasteiger partial charge in [0.1, 0.15) is 5.82 Å². The van der Waals surface area contributed by atoms with Crippen LogP contribution in [0.2, 0.25) is 5.02 Å². The van der Waals surface area contributed by atoms with Gasteiger partial charge in [0.15, 0.2) is 5.78 Å². The van der Waals surface area contributed by atoms with Gasteiger partial charge >= 0.3 is 0 Å². The summed E-state index contributed by atoms with van der Waals surface area (Å²) in [7, 11) is 0. The number of hydrogen-bond acceptors (Lipinski definition) is 5. The molecule has 5 nitrogen and oxygen atoms in total. The highest BCUT2D eigenvalue weighted by Gasteiger charge is 2.30. The van der Waals surface area contributed by atoms with Crippen LogP contribution in [0.15, 0.2) is 82.6 Å². The molecule has 1 saturated heterocycles. The maximum atomic E-state index is 13.4. The van der Waals surface area contributed by atoms with E-state index in [1.807, 2.05) is 60.7 Å². The van der Waals surface area contributed by atoms with Crippen molar-refractivity contribution < 1.29 is 14.0 Å². The van der Waals surface area contributed by atoms with Crippen LogP contribution in [0.5, 0.6) is 0 Å². The van der Waals surface area contributed by atoms with E-state index in [4.69, 9.17) is 11.6 Å². The molecule has 1 amide bonds. The maximum Gasteiger partial charge on any atom is 0.265 e. The van der Waals surface area contributed by atoms with Crippen LogP contribution in [-0.4, -0.2) is 55.9 Å². The Morgan fingerprint density at radius 3 is 2.49 bits per heavy atom. The van der Waals surface area contributed by atoms with Crippen molar-refractivity contribution in [1.82, 2.24) is 4.90 Å². The van der Waals surface area contributed by atoms with Crippen LogP contribution in [0.4, 0.5) is 15.8 Å². The standard InChI is InChI=1S/C31H31ClFN3O2S/c32-24-7-5-6-23(20-24)21-30-31(38)36(28-9-1-2-10-29(28)39-30)22-27(37)8-3-4-15-34-16-18-35(19-17-34)26-13-11-25(33)12-14-26/h1-2,5-7,9-14,20-21H,3-4,8,15-19,22H2/b30-21-. The largest absolute Gasteiger partial charge is 0.369 e. The highest BCUT2D eigenvalue weighted by atomic mass is 35.5. The van der Waals surface area contributed by atoms with Crippen molar-refractivity contribution in [2.75, 3.05) is 49.1 Å². The van der Waals surface area contributed by atoms with Gasteiger partial charge < -0.3 is 4.90 Å². The molecular weight excluding hydrogens is 533 g/mol. The minimum absolute atomic E-state index is 0.0632. The molecule has 8 heteroatoms. The molecule has 39 heavy (non-hydrogen) atoms. The zero-order chi connectivity index (χ0) is 27.2. The number of hydrogen-bond donors (Lipinski definition) is 0. The predicted octanol–water partition coefficient (Wildman–Crippen LogP) is 6.52. The van der Waals surface area contributed by atoms with Crippen LogP contribution in [0.3, 0.4) is 0 Å². The number of thioether (sulfide) groups is 1. The zero-order valence-electron chi connectivity index (χ0n) is 21.7. The fraction of sp³-hybridized carbons (Fsp3) is 0.290. The van der Waals surface area contributed by atoms with E-state index in [9.17, 15) is 14.0 Å². The van der Waals surface area contributed by atoms with Crippen LogP contribution < -0.4 is 9.80 Å².